The zero-order valence-electron chi connectivity index (χ0n) is 10.9. The van der Waals surface area contributed by atoms with Crippen LogP contribution >= 0.6 is 0 Å². The fourth-order valence-electron chi connectivity index (χ4n) is 1.82. The minimum atomic E-state index is -0.717. The Morgan fingerprint density at radius 3 is 2.83 bits per heavy atom. The fraction of sp³-hybridized carbons (Fsp3) is 0.429. The summed E-state index contributed by atoms with van der Waals surface area (Å²) >= 11 is 0. The van der Waals surface area contributed by atoms with Crippen LogP contribution in [-0.4, -0.2) is 31.9 Å². The topological polar surface area (TPSA) is 32.7 Å². The van der Waals surface area contributed by atoms with Crippen molar-refractivity contribution in [1.82, 2.24) is 0 Å². The predicted molar refractivity (Wildman–Crippen MR) is 71.3 cm³/mol. The van der Waals surface area contributed by atoms with Crippen LogP contribution in [0.5, 0.6) is 0 Å². The van der Waals surface area contributed by atoms with Crippen molar-refractivity contribution in [2.45, 2.75) is 13.0 Å². The summed E-state index contributed by atoms with van der Waals surface area (Å²) in [7, 11) is 1.63. The van der Waals surface area contributed by atoms with Crippen LogP contribution < -0.4 is 4.90 Å². The largest absolute Gasteiger partial charge is 0.389 e. The van der Waals surface area contributed by atoms with Crippen LogP contribution in [0, 0.1) is 5.82 Å². The number of rotatable bonds is 7. The molecule has 0 aliphatic rings. The number of hydrogen-bond acceptors (Lipinski definition) is 3. The lowest BCUT2D eigenvalue weighted by atomic mass is 10.1. The molecule has 1 atom stereocenters. The molecule has 0 aliphatic carbocycles. The van der Waals surface area contributed by atoms with Gasteiger partial charge in [0.2, 0.25) is 0 Å². The third-order valence-electron chi connectivity index (χ3n) is 2.70. The van der Waals surface area contributed by atoms with E-state index in [0.717, 1.165) is 5.69 Å². The average Bonchev–Trinajstić information content (AvgIpc) is 2.34. The van der Waals surface area contributed by atoms with Gasteiger partial charge in [-0.2, -0.15) is 0 Å². The summed E-state index contributed by atoms with van der Waals surface area (Å²) < 4.78 is 18.3. The Hall–Kier alpha value is -1.39. The summed E-state index contributed by atoms with van der Waals surface area (Å²) in [6.45, 7) is 7.17. The van der Waals surface area contributed by atoms with Gasteiger partial charge < -0.3 is 14.7 Å². The van der Waals surface area contributed by atoms with Gasteiger partial charge in [-0.1, -0.05) is 6.08 Å². The van der Waals surface area contributed by atoms with Crippen molar-refractivity contribution < 1.29 is 14.2 Å². The van der Waals surface area contributed by atoms with Crippen molar-refractivity contribution in [3.8, 4) is 0 Å². The first-order valence-electron chi connectivity index (χ1n) is 5.92. The Morgan fingerprint density at radius 1 is 1.56 bits per heavy atom. The minimum absolute atomic E-state index is 0.347. The van der Waals surface area contributed by atoms with Gasteiger partial charge in [0.1, 0.15) is 5.82 Å². The highest BCUT2D eigenvalue weighted by atomic mass is 19.1. The van der Waals surface area contributed by atoms with E-state index in [1.807, 2.05) is 4.90 Å². The molecule has 0 saturated carbocycles. The number of ether oxygens (including phenoxy) is 1. The molecule has 100 valence electrons. The van der Waals surface area contributed by atoms with Gasteiger partial charge in [0.05, 0.1) is 12.7 Å². The lowest BCUT2D eigenvalue weighted by molar-refractivity contribution is 0.197. The van der Waals surface area contributed by atoms with Crippen molar-refractivity contribution in [3.63, 3.8) is 0 Å². The van der Waals surface area contributed by atoms with Crippen LogP contribution in [-0.2, 0) is 4.74 Å². The van der Waals surface area contributed by atoms with Gasteiger partial charge in [-0.15, -0.1) is 6.58 Å². The number of nitrogens with zero attached hydrogens (tertiary/aromatic N) is 1. The highest BCUT2D eigenvalue weighted by Crippen LogP contribution is 2.27. The maximum Gasteiger partial charge on any atom is 0.123 e. The maximum absolute atomic E-state index is 13.2. The highest BCUT2D eigenvalue weighted by molar-refractivity contribution is 5.55. The molecule has 1 aromatic rings. The van der Waals surface area contributed by atoms with Gasteiger partial charge in [-0.25, -0.2) is 4.39 Å². The molecule has 0 amide bonds. The van der Waals surface area contributed by atoms with E-state index in [2.05, 4.69) is 6.58 Å². The molecule has 0 fully saturated rings. The SMILES string of the molecule is C=CCN(CCOC)c1ccc(F)cc1[C@@H](C)O. The molecular formula is C14H20FNO2. The molecule has 0 spiro atoms. The molecular weight excluding hydrogens is 233 g/mol. The molecule has 3 nitrogen and oxygen atoms in total. The number of benzene rings is 1. The Balaban J connectivity index is 3.05. The Morgan fingerprint density at radius 2 is 2.28 bits per heavy atom. The van der Waals surface area contributed by atoms with Crippen LogP contribution in [0.25, 0.3) is 0 Å². The van der Waals surface area contributed by atoms with Crippen molar-refractivity contribution in [2.75, 3.05) is 31.7 Å². The standard InChI is InChI=1S/C14H20FNO2/c1-4-7-16(8-9-18-3)14-6-5-12(15)10-13(14)11(2)17/h4-6,10-11,17H,1,7-9H2,2-3H3/t11-/m1/s1. The van der Waals surface area contributed by atoms with Crippen molar-refractivity contribution in [2.24, 2.45) is 0 Å². The summed E-state index contributed by atoms with van der Waals surface area (Å²) in [5, 5.41) is 9.72. The van der Waals surface area contributed by atoms with Crippen molar-refractivity contribution >= 4 is 5.69 Å². The van der Waals surface area contributed by atoms with E-state index in [1.54, 1.807) is 26.2 Å². The maximum atomic E-state index is 13.2. The van der Waals surface area contributed by atoms with Crippen molar-refractivity contribution in [1.29, 1.82) is 0 Å². The van der Waals surface area contributed by atoms with E-state index in [0.29, 0.717) is 25.3 Å². The Bertz CT molecular complexity index is 393. The number of hydrogen-bond donors (Lipinski definition) is 1. The number of aliphatic hydroxyl groups excluding tert-OH is 1. The smallest absolute Gasteiger partial charge is 0.123 e. The second kappa shape index (κ2) is 7.13. The first kappa shape index (κ1) is 14.7. The fourth-order valence-corrected chi connectivity index (χ4v) is 1.82. The second-order valence-electron chi connectivity index (χ2n) is 4.11. The summed E-state index contributed by atoms with van der Waals surface area (Å²) in [6, 6.07) is 4.43. The van der Waals surface area contributed by atoms with Crippen LogP contribution in [0.1, 0.15) is 18.6 Å². The number of aliphatic hydroxyl groups is 1. The molecule has 0 radical (unpaired) electrons. The molecule has 0 aliphatic heterocycles. The normalized spacial score (nSPS) is 12.2. The average molecular weight is 253 g/mol. The molecule has 0 unspecified atom stereocenters. The molecule has 0 bridgehead atoms. The summed E-state index contributed by atoms with van der Waals surface area (Å²) in [5.74, 6) is -0.347. The van der Waals surface area contributed by atoms with E-state index < -0.39 is 6.10 Å². The first-order chi connectivity index (χ1) is 8.60. The lowest BCUT2D eigenvalue weighted by Crippen LogP contribution is -2.28. The van der Waals surface area contributed by atoms with Crippen LogP contribution in [0.3, 0.4) is 0 Å². The van der Waals surface area contributed by atoms with Crippen LogP contribution in [0.15, 0.2) is 30.9 Å². The van der Waals surface area contributed by atoms with Crippen molar-refractivity contribution in [3.05, 3.63) is 42.2 Å². The van der Waals surface area contributed by atoms with Gasteiger partial charge in [0, 0.05) is 31.5 Å². The zero-order chi connectivity index (χ0) is 13.5. The zero-order valence-corrected chi connectivity index (χ0v) is 10.9. The molecule has 0 aromatic heterocycles. The molecule has 1 N–H and O–H groups in total. The lowest BCUT2D eigenvalue weighted by Gasteiger charge is -2.26. The van der Waals surface area contributed by atoms with E-state index in [4.69, 9.17) is 4.74 Å². The van der Waals surface area contributed by atoms with E-state index in [-0.39, 0.29) is 5.82 Å². The minimum Gasteiger partial charge on any atom is -0.389 e. The number of methoxy groups -OCH3 is 1. The molecule has 18 heavy (non-hydrogen) atoms. The van der Waals surface area contributed by atoms with E-state index >= 15 is 0 Å². The molecule has 4 heteroatoms. The van der Waals surface area contributed by atoms with E-state index in [1.165, 1.54) is 12.1 Å². The summed E-state index contributed by atoms with van der Waals surface area (Å²) in [6.07, 6.45) is 1.05. The molecule has 1 aromatic carbocycles. The van der Waals surface area contributed by atoms with E-state index in [9.17, 15) is 9.50 Å². The first-order valence-corrected chi connectivity index (χ1v) is 5.92. The quantitative estimate of drug-likeness (QED) is 0.758. The third-order valence-corrected chi connectivity index (χ3v) is 2.70. The third kappa shape index (κ3) is 3.82. The molecule has 0 saturated heterocycles. The van der Waals surface area contributed by atoms with Gasteiger partial charge in [-0.3, -0.25) is 0 Å². The monoisotopic (exact) mass is 253 g/mol. The van der Waals surface area contributed by atoms with Crippen LogP contribution in [0.4, 0.5) is 10.1 Å². The van der Waals surface area contributed by atoms with Crippen LogP contribution in [0.2, 0.25) is 0 Å². The Kier molecular flexibility index (Phi) is 5.82. The van der Waals surface area contributed by atoms with Gasteiger partial charge in [-0.05, 0) is 25.1 Å². The highest BCUT2D eigenvalue weighted by Gasteiger charge is 2.14. The number of anilines is 1. The predicted octanol–water partition coefficient (Wildman–Crippen LogP) is 2.52. The number of halogens is 1. The van der Waals surface area contributed by atoms with Gasteiger partial charge in [0.25, 0.3) is 0 Å². The molecule has 0 heterocycles. The Labute approximate surface area is 107 Å². The summed E-state index contributed by atoms with van der Waals surface area (Å²) in [5.41, 5.74) is 1.39. The van der Waals surface area contributed by atoms with Gasteiger partial charge >= 0.3 is 0 Å². The molecule has 1 rings (SSSR count). The van der Waals surface area contributed by atoms with Gasteiger partial charge in [0.15, 0.2) is 0 Å². The summed E-state index contributed by atoms with van der Waals surface area (Å²) in [4.78, 5) is 2.00. The second-order valence-corrected chi connectivity index (χ2v) is 4.11.